The van der Waals surface area contributed by atoms with Crippen molar-refractivity contribution in [1.82, 2.24) is 4.90 Å². The molecule has 3 rings (SSSR count). The van der Waals surface area contributed by atoms with Crippen LogP contribution >= 0.6 is 23.4 Å². The Morgan fingerprint density at radius 2 is 1.93 bits per heavy atom. The number of anilines is 1. The molecule has 0 unspecified atom stereocenters. The number of thioether (sulfide) groups is 1. The third-order valence-corrected chi connectivity index (χ3v) is 5.35. The van der Waals surface area contributed by atoms with E-state index in [0.717, 1.165) is 0 Å². The summed E-state index contributed by atoms with van der Waals surface area (Å²) in [4.78, 5) is 31.1. The molecule has 0 aromatic heterocycles. The van der Waals surface area contributed by atoms with E-state index in [0.29, 0.717) is 23.1 Å². The lowest BCUT2D eigenvalue weighted by Crippen LogP contribution is -2.45. The average Bonchev–Trinajstić information content (AvgIpc) is 2.69. The highest BCUT2D eigenvalue weighted by molar-refractivity contribution is 8.15. The zero-order valence-electron chi connectivity index (χ0n) is 15.8. The lowest BCUT2D eigenvalue weighted by Gasteiger charge is -2.30. The normalized spacial score (nSPS) is 18.4. The van der Waals surface area contributed by atoms with E-state index < -0.39 is 10.8 Å². The Hall–Kier alpha value is -2.65. The van der Waals surface area contributed by atoms with Crippen LogP contribution in [0.15, 0.2) is 59.6 Å². The van der Waals surface area contributed by atoms with Gasteiger partial charge in [-0.2, -0.15) is 0 Å². The van der Waals surface area contributed by atoms with Crippen molar-refractivity contribution in [2.45, 2.75) is 24.2 Å². The zero-order valence-corrected chi connectivity index (χ0v) is 17.4. The van der Waals surface area contributed by atoms with Gasteiger partial charge >= 0.3 is 5.57 Å². The van der Waals surface area contributed by atoms with Crippen molar-refractivity contribution < 1.29 is 23.1 Å². The minimum absolute atomic E-state index is 0.0494. The molecular formula is C20H18ClF2N3O3S. The smallest absolute Gasteiger partial charge is 0.420 e. The number of carbonyl (C=O) groups is 2. The minimum Gasteiger partial charge on any atom is -0.420 e. The number of amidine groups is 1. The van der Waals surface area contributed by atoms with E-state index in [1.807, 2.05) is 6.07 Å². The summed E-state index contributed by atoms with van der Waals surface area (Å²) in [5.41, 5.74) is -2.76. The number of rotatable bonds is 6. The molecule has 1 aliphatic heterocycles. The topological polar surface area (TPSA) is 71.0 Å². The molecule has 0 bridgehead atoms. The first kappa shape index (κ1) is 22.0. The van der Waals surface area contributed by atoms with Crippen LogP contribution in [0.3, 0.4) is 0 Å². The highest BCUT2D eigenvalue weighted by Crippen LogP contribution is 2.31. The second kappa shape index (κ2) is 9.44. The summed E-state index contributed by atoms with van der Waals surface area (Å²) >= 11 is 5.93. The van der Waals surface area contributed by atoms with Crippen LogP contribution in [0.2, 0.25) is 0 Å². The summed E-state index contributed by atoms with van der Waals surface area (Å²) in [6.07, 6.45) is 0.0494. The molecule has 1 N–H and O–H groups in total. The maximum Gasteiger partial charge on any atom is 0.487 e. The molecule has 0 spiro atoms. The summed E-state index contributed by atoms with van der Waals surface area (Å²) in [7, 11) is 0. The predicted molar refractivity (Wildman–Crippen MR) is 113 cm³/mol. The zero-order chi connectivity index (χ0) is 21.7. The fourth-order valence-corrected chi connectivity index (χ4v) is 3.98. The first-order valence-corrected chi connectivity index (χ1v) is 10.3. The molecule has 2 aromatic carbocycles. The van der Waals surface area contributed by atoms with E-state index in [1.54, 1.807) is 31.2 Å². The lowest BCUT2D eigenvalue weighted by atomic mass is 10.2. The van der Waals surface area contributed by atoms with Gasteiger partial charge < -0.3 is 10.1 Å². The third kappa shape index (κ3) is 5.93. The maximum absolute atomic E-state index is 12.7. The van der Waals surface area contributed by atoms with Gasteiger partial charge in [0.1, 0.15) is 11.0 Å². The minimum atomic E-state index is -3.81. The predicted octanol–water partition coefficient (Wildman–Crippen LogP) is 4.83. The molecule has 0 aliphatic carbocycles. The number of carbonyl (C=O) groups excluding carboxylic acids is 2. The van der Waals surface area contributed by atoms with Crippen LogP contribution in [0.1, 0.15) is 13.3 Å². The van der Waals surface area contributed by atoms with Crippen molar-refractivity contribution in [3.63, 3.8) is 0 Å². The van der Waals surface area contributed by atoms with E-state index in [-0.39, 0.29) is 24.0 Å². The van der Waals surface area contributed by atoms with E-state index in [4.69, 9.17) is 11.6 Å². The van der Waals surface area contributed by atoms with Crippen molar-refractivity contribution in [2.75, 3.05) is 11.9 Å². The molecular weight excluding hydrogens is 436 g/mol. The second-order valence-corrected chi connectivity index (χ2v) is 7.85. The van der Waals surface area contributed by atoms with Crippen LogP contribution in [-0.2, 0) is 9.59 Å². The van der Waals surface area contributed by atoms with Crippen molar-refractivity contribution in [1.29, 1.82) is 0 Å². The molecule has 1 aliphatic rings. The number of ether oxygens (including phenoxy) is 1. The Morgan fingerprint density at radius 3 is 2.53 bits per heavy atom. The number of halogens is 3. The van der Waals surface area contributed by atoms with Gasteiger partial charge in [0.05, 0.1) is 5.69 Å². The van der Waals surface area contributed by atoms with Gasteiger partial charge in [0.15, 0.2) is 5.17 Å². The molecule has 0 saturated carbocycles. The van der Waals surface area contributed by atoms with Gasteiger partial charge in [-0.15, -0.1) is 8.78 Å². The fourth-order valence-electron chi connectivity index (χ4n) is 2.73. The van der Waals surface area contributed by atoms with Gasteiger partial charge in [-0.05, 0) is 43.3 Å². The molecule has 30 heavy (non-hydrogen) atoms. The highest BCUT2D eigenvalue weighted by atomic mass is 35.5. The van der Waals surface area contributed by atoms with Gasteiger partial charge in [-0.3, -0.25) is 14.5 Å². The summed E-state index contributed by atoms with van der Waals surface area (Å²) in [6.45, 7) is 2.19. The Bertz CT molecular complexity index is 937. The molecule has 10 heteroatoms. The van der Waals surface area contributed by atoms with Gasteiger partial charge in [0, 0.05) is 30.3 Å². The number of benzene rings is 2. The standard InChI is InChI=1S/C20H18ClF2N3O3S/c1-2-26-17(27)12-16(18(28)24-13-6-4-3-5-7-13)30-19(26)25-14-8-10-15(11-9-14)29-20(21,22)23/h3-11,16H,2,12H2,1H3,(H,24,28)/t16-/m1/s1. The van der Waals surface area contributed by atoms with Gasteiger partial charge in [0.2, 0.25) is 11.8 Å². The number of nitrogens with zero attached hydrogens (tertiary/aromatic N) is 2. The Kier molecular flexibility index (Phi) is 6.94. The van der Waals surface area contributed by atoms with Crippen molar-refractivity contribution >= 4 is 51.7 Å². The van der Waals surface area contributed by atoms with E-state index in [9.17, 15) is 18.4 Å². The lowest BCUT2D eigenvalue weighted by molar-refractivity contribution is -0.129. The number of hydrogen-bond acceptors (Lipinski definition) is 5. The Labute approximate surface area is 181 Å². The van der Waals surface area contributed by atoms with Crippen LogP contribution in [0.4, 0.5) is 20.2 Å². The van der Waals surface area contributed by atoms with E-state index in [2.05, 4.69) is 15.0 Å². The molecule has 2 amide bonds. The van der Waals surface area contributed by atoms with Crippen molar-refractivity contribution in [3.05, 3.63) is 54.6 Å². The number of amides is 2. The number of hydrogen-bond donors (Lipinski definition) is 1. The number of aliphatic imine (C=N–C) groups is 1. The molecule has 2 aromatic rings. The van der Waals surface area contributed by atoms with E-state index >= 15 is 0 Å². The number of alkyl halides is 3. The van der Waals surface area contributed by atoms with Crippen LogP contribution < -0.4 is 10.1 Å². The third-order valence-electron chi connectivity index (χ3n) is 4.08. The summed E-state index contributed by atoms with van der Waals surface area (Å²) in [6, 6.07) is 14.4. The highest BCUT2D eigenvalue weighted by Gasteiger charge is 2.35. The fraction of sp³-hybridized carbons (Fsp3) is 0.250. The molecule has 1 heterocycles. The second-order valence-electron chi connectivity index (χ2n) is 6.24. The van der Waals surface area contributed by atoms with Crippen LogP contribution in [0.25, 0.3) is 0 Å². The molecule has 1 fully saturated rings. The Morgan fingerprint density at radius 1 is 1.27 bits per heavy atom. The van der Waals surface area contributed by atoms with Crippen LogP contribution in [0, 0.1) is 0 Å². The summed E-state index contributed by atoms with van der Waals surface area (Å²) in [5.74, 6) is -0.639. The van der Waals surface area contributed by atoms with Gasteiger partial charge in [0.25, 0.3) is 0 Å². The largest absolute Gasteiger partial charge is 0.487 e. The molecule has 158 valence electrons. The maximum atomic E-state index is 12.7. The molecule has 0 radical (unpaired) electrons. The monoisotopic (exact) mass is 453 g/mol. The number of para-hydroxylation sites is 1. The Balaban J connectivity index is 1.77. The average molecular weight is 454 g/mol. The van der Waals surface area contributed by atoms with Gasteiger partial charge in [-0.25, -0.2) is 4.99 Å². The molecule has 1 atom stereocenters. The first-order chi connectivity index (χ1) is 14.2. The van der Waals surface area contributed by atoms with Crippen molar-refractivity contribution in [3.8, 4) is 5.75 Å². The molecule has 1 saturated heterocycles. The van der Waals surface area contributed by atoms with Crippen LogP contribution in [0.5, 0.6) is 5.75 Å². The van der Waals surface area contributed by atoms with Gasteiger partial charge in [-0.1, -0.05) is 30.0 Å². The van der Waals surface area contributed by atoms with Crippen molar-refractivity contribution in [2.24, 2.45) is 4.99 Å². The number of nitrogens with one attached hydrogen (secondary N) is 1. The molecule has 6 nitrogen and oxygen atoms in total. The summed E-state index contributed by atoms with van der Waals surface area (Å²) in [5, 5.41) is 2.51. The SMILES string of the molecule is CCN1C(=O)C[C@H](C(=O)Nc2ccccc2)SC1=Nc1ccc(OC(F)(F)Cl)cc1. The quantitative estimate of drug-likeness (QED) is 0.636. The first-order valence-electron chi connectivity index (χ1n) is 9.02. The van der Waals surface area contributed by atoms with Crippen LogP contribution in [-0.4, -0.2) is 39.2 Å². The summed E-state index contributed by atoms with van der Waals surface area (Å²) < 4.78 is 29.7. The van der Waals surface area contributed by atoms with E-state index in [1.165, 1.54) is 40.9 Å².